The van der Waals surface area contributed by atoms with Gasteiger partial charge < -0.3 is 10.0 Å². The fraction of sp³-hybridized carbons (Fsp3) is 0.286. The first kappa shape index (κ1) is 11.9. The summed E-state index contributed by atoms with van der Waals surface area (Å²) in [5, 5.41) is 16.4. The fourth-order valence-corrected chi connectivity index (χ4v) is 2.37. The number of hydrogen-bond donors (Lipinski definition) is 2. The molecule has 1 aromatic heterocycles. The molecule has 0 spiro atoms. The molecule has 2 aromatic rings. The van der Waals surface area contributed by atoms with E-state index in [-0.39, 0.29) is 5.91 Å². The second-order valence-electron chi connectivity index (χ2n) is 4.72. The molecule has 1 amide bonds. The van der Waals surface area contributed by atoms with E-state index in [0.29, 0.717) is 25.1 Å². The Hall–Kier alpha value is -2.14. The number of aliphatic hydroxyl groups excluding tert-OH is 1. The van der Waals surface area contributed by atoms with Gasteiger partial charge in [-0.25, -0.2) is 0 Å². The number of nitrogens with one attached hydrogen (secondary N) is 1. The summed E-state index contributed by atoms with van der Waals surface area (Å²) in [6, 6.07) is 9.64. The molecule has 0 unspecified atom stereocenters. The number of H-pyrrole nitrogens is 1. The zero-order chi connectivity index (χ0) is 13.2. The van der Waals surface area contributed by atoms with Crippen molar-refractivity contribution in [2.24, 2.45) is 0 Å². The summed E-state index contributed by atoms with van der Waals surface area (Å²) in [4.78, 5) is 14.1. The summed E-state index contributed by atoms with van der Waals surface area (Å²) in [5.41, 5.74) is 2.22. The summed E-state index contributed by atoms with van der Waals surface area (Å²) in [6.45, 7) is 0.998. The van der Waals surface area contributed by atoms with Crippen molar-refractivity contribution in [3.05, 3.63) is 42.1 Å². The van der Waals surface area contributed by atoms with Crippen molar-refractivity contribution < 1.29 is 9.90 Å². The van der Waals surface area contributed by atoms with Crippen molar-refractivity contribution in [2.45, 2.75) is 12.5 Å². The predicted molar refractivity (Wildman–Crippen MR) is 70.6 cm³/mol. The number of carbonyl (C=O) groups is 1. The number of aromatic amines is 1. The van der Waals surface area contributed by atoms with Gasteiger partial charge in [0.05, 0.1) is 23.6 Å². The first-order chi connectivity index (χ1) is 9.25. The Kier molecular flexibility index (Phi) is 3.05. The molecule has 5 nitrogen and oxygen atoms in total. The number of likely N-dealkylation sites (tertiary alicyclic amines) is 1. The van der Waals surface area contributed by atoms with Gasteiger partial charge in [-0.05, 0) is 6.42 Å². The number of aromatic nitrogens is 2. The molecule has 1 aliphatic rings. The highest BCUT2D eigenvalue weighted by atomic mass is 16.3. The van der Waals surface area contributed by atoms with E-state index < -0.39 is 6.10 Å². The third-order valence-corrected chi connectivity index (χ3v) is 3.38. The van der Waals surface area contributed by atoms with Crippen LogP contribution in [0, 0.1) is 0 Å². The number of aliphatic hydroxyl groups is 1. The third-order valence-electron chi connectivity index (χ3n) is 3.38. The van der Waals surface area contributed by atoms with E-state index >= 15 is 0 Å². The van der Waals surface area contributed by atoms with Gasteiger partial charge in [0.25, 0.3) is 5.91 Å². The van der Waals surface area contributed by atoms with Crippen LogP contribution in [0.5, 0.6) is 0 Å². The van der Waals surface area contributed by atoms with E-state index in [1.807, 2.05) is 30.3 Å². The van der Waals surface area contributed by atoms with E-state index in [1.54, 1.807) is 11.1 Å². The summed E-state index contributed by atoms with van der Waals surface area (Å²) in [6.07, 6.45) is 1.79. The number of amides is 1. The molecule has 5 heteroatoms. The average molecular weight is 257 g/mol. The van der Waals surface area contributed by atoms with Crippen molar-refractivity contribution in [1.29, 1.82) is 0 Å². The molecule has 1 fully saturated rings. The van der Waals surface area contributed by atoms with Crippen molar-refractivity contribution in [1.82, 2.24) is 15.1 Å². The van der Waals surface area contributed by atoms with Crippen molar-refractivity contribution in [2.75, 3.05) is 13.1 Å². The fourth-order valence-electron chi connectivity index (χ4n) is 2.37. The molecular weight excluding hydrogens is 242 g/mol. The molecule has 98 valence electrons. The monoisotopic (exact) mass is 257 g/mol. The zero-order valence-electron chi connectivity index (χ0n) is 10.4. The zero-order valence-corrected chi connectivity index (χ0v) is 10.4. The number of nitrogens with zero attached hydrogens (tertiary/aromatic N) is 2. The van der Waals surface area contributed by atoms with Crippen LogP contribution in [0.2, 0.25) is 0 Å². The minimum Gasteiger partial charge on any atom is -0.391 e. The predicted octanol–water partition coefficient (Wildman–Crippen LogP) is 1.28. The van der Waals surface area contributed by atoms with Crippen LogP contribution in [-0.4, -0.2) is 45.3 Å². The smallest absolute Gasteiger partial charge is 0.257 e. The second-order valence-corrected chi connectivity index (χ2v) is 4.72. The largest absolute Gasteiger partial charge is 0.391 e. The highest BCUT2D eigenvalue weighted by molar-refractivity contribution is 5.99. The van der Waals surface area contributed by atoms with Gasteiger partial charge in [0.15, 0.2) is 0 Å². The summed E-state index contributed by atoms with van der Waals surface area (Å²) < 4.78 is 0. The highest BCUT2D eigenvalue weighted by Gasteiger charge is 2.27. The van der Waals surface area contributed by atoms with Gasteiger partial charge in [0.1, 0.15) is 0 Å². The first-order valence-corrected chi connectivity index (χ1v) is 6.32. The molecule has 1 saturated heterocycles. The molecule has 19 heavy (non-hydrogen) atoms. The first-order valence-electron chi connectivity index (χ1n) is 6.32. The quantitative estimate of drug-likeness (QED) is 0.851. The minimum absolute atomic E-state index is 0.0795. The Morgan fingerprint density at radius 1 is 1.37 bits per heavy atom. The number of β-amino-alcohol motifs (C(OH)–C–C–N with tert-alkyl or cyclic N) is 1. The van der Waals surface area contributed by atoms with Gasteiger partial charge in [-0.3, -0.25) is 9.89 Å². The lowest BCUT2D eigenvalue weighted by molar-refractivity contribution is 0.0766. The molecule has 0 radical (unpaired) electrons. The van der Waals surface area contributed by atoms with E-state index in [0.717, 1.165) is 11.3 Å². The topological polar surface area (TPSA) is 69.2 Å². The van der Waals surface area contributed by atoms with Gasteiger partial charge in [-0.2, -0.15) is 5.10 Å². The van der Waals surface area contributed by atoms with Crippen LogP contribution in [-0.2, 0) is 0 Å². The number of hydrogen-bond acceptors (Lipinski definition) is 3. The van der Waals surface area contributed by atoms with Gasteiger partial charge in [-0.15, -0.1) is 0 Å². The molecule has 2 heterocycles. The molecule has 1 atom stereocenters. The third kappa shape index (κ3) is 2.24. The Morgan fingerprint density at radius 2 is 2.16 bits per heavy atom. The number of carbonyl (C=O) groups excluding carboxylic acids is 1. The van der Waals surface area contributed by atoms with E-state index in [9.17, 15) is 9.90 Å². The van der Waals surface area contributed by atoms with Crippen molar-refractivity contribution in [3.63, 3.8) is 0 Å². The maximum Gasteiger partial charge on any atom is 0.257 e. The van der Waals surface area contributed by atoms with Crippen LogP contribution in [0.15, 0.2) is 36.5 Å². The van der Waals surface area contributed by atoms with Gasteiger partial charge in [-0.1, -0.05) is 30.3 Å². The van der Waals surface area contributed by atoms with E-state index in [1.165, 1.54) is 0 Å². The van der Waals surface area contributed by atoms with Crippen LogP contribution in [0.1, 0.15) is 16.8 Å². The molecule has 3 rings (SSSR count). The lowest BCUT2D eigenvalue weighted by atomic mass is 10.1. The average Bonchev–Trinajstić information content (AvgIpc) is 3.07. The number of rotatable bonds is 2. The van der Waals surface area contributed by atoms with Crippen LogP contribution >= 0.6 is 0 Å². The standard InChI is InChI=1S/C14H15N3O2/c18-11-6-7-17(9-11)14(19)12-8-15-16-13(12)10-4-2-1-3-5-10/h1-5,8,11,18H,6-7,9H2,(H,15,16)/t11-/m0/s1. The van der Waals surface area contributed by atoms with Gasteiger partial charge in [0.2, 0.25) is 0 Å². The van der Waals surface area contributed by atoms with Gasteiger partial charge in [0, 0.05) is 18.7 Å². The molecule has 0 saturated carbocycles. The molecule has 0 bridgehead atoms. The molecule has 1 aliphatic heterocycles. The Bertz CT molecular complexity index is 579. The normalized spacial score (nSPS) is 18.8. The van der Waals surface area contributed by atoms with Crippen LogP contribution in [0.25, 0.3) is 11.3 Å². The van der Waals surface area contributed by atoms with Crippen LogP contribution < -0.4 is 0 Å². The maximum absolute atomic E-state index is 12.4. The number of benzene rings is 1. The van der Waals surface area contributed by atoms with Crippen molar-refractivity contribution in [3.8, 4) is 11.3 Å². The second kappa shape index (κ2) is 4.85. The minimum atomic E-state index is -0.406. The van der Waals surface area contributed by atoms with Crippen LogP contribution in [0.3, 0.4) is 0 Å². The summed E-state index contributed by atoms with van der Waals surface area (Å²) >= 11 is 0. The highest BCUT2D eigenvalue weighted by Crippen LogP contribution is 2.23. The SMILES string of the molecule is O=C(c1cn[nH]c1-c1ccccc1)N1CC[C@H](O)C1. The summed E-state index contributed by atoms with van der Waals surface area (Å²) in [5.74, 6) is -0.0795. The molecule has 2 N–H and O–H groups in total. The molecule has 0 aliphatic carbocycles. The lowest BCUT2D eigenvalue weighted by Crippen LogP contribution is -2.29. The van der Waals surface area contributed by atoms with Crippen LogP contribution in [0.4, 0.5) is 0 Å². The Labute approximate surface area is 110 Å². The van der Waals surface area contributed by atoms with E-state index in [4.69, 9.17) is 0 Å². The maximum atomic E-state index is 12.4. The van der Waals surface area contributed by atoms with Crippen molar-refractivity contribution >= 4 is 5.91 Å². The molecular formula is C14H15N3O2. The lowest BCUT2D eigenvalue weighted by Gasteiger charge is -2.15. The Balaban J connectivity index is 1.90. The summed E-state index contributed by atoms with van der Waals surface area (Å²) in [7, 11) is 0. The van der Waals surface area contributed by atoms with Gasteiger partial charge >= 0.3 is 0 Å². The Morgan fingerprint density at radius 3 is 2.84 bits per heavy atom. The molecule has 1 aromatic carbocycles. The van der Waals surface area contributed by atoms with E-state index in [2.05, 4.69) is 10.2 Å².